The summed E-state index contributed by atoms with van der Waals surface area (Å²) in [6.07, 6.45) is 1.92. The average Bonchev–Trinajstić information content (AvgIpc) is 3.35. The smallest absolute Gasteiger partial charge is 0.228 e. The average molecular weight is 396 g/mol. The highest BCUT2D eigenvalue weighted by molar-refractivity contribution is 6.00. The SMILES string of the molecule is COc1cccc(C2CCCN2C(=O)C2CC(=O)N(c3ccc(C)cc3F)C2)c1. The van der Waals surface area contributed by atoms with E-state index in [0.29, 0.717) is 6.54 Å². The molecule has 4 rings (SSSR count). The Morgan fingerprint density at radius 2 is 2.03 bits per heavy atom. The van der Waals surface area contributed by atoms with Crippen LogP contribution in [0.2, 0.25) is 0 Å². The molecule has 2 aromatic rings. The van der Waals surface area contributed by atoms with Crippen LogP contribution in [0.3, 0.4) is 0 Å². The fraction of sp³-hybridized carbons (Fsp3) is 0.391. The first-order valence-corrected chi connectivity index (χ1v) is 9.99. The molecule has 2 aliphatic heterocycles. The minimum Gasteiger partial charge on any atom is -0.497 e. The first-order valence-electron chi connectivity index (χ1n) is 9.99. The molecule has 0 bridgehead atoms. The van der Waals surface area contributed by atoms with Gasteiger partial charge in [0.15, 0.2) is 0 Å². The number of carbonyl (C=O) groups excluding carboxylic acids is 2. The zero-order valence-corrected chi connectivity index (χ0v) is 16.7. The molecule has 2 aromatic carbocycles. The maximum atomic E-state index is 14.4. The first-order chi connectivity index (χ1) is 14.0. The molecule has 2 heterocycles. The molecule has 2 saturated heterocycles. The molecule has 2 atom stereocenters. The van der Waals surface area contributed by atoms with Crippen LogP contribution >= 0.6 is 0 Å². The number of halogens is 1. The van der Waals surface area contributed by atoms with Gasteiger partial charge in [0, 0.05) is 19.5 Å². The largest absolute Gasteiger partial charge is 0.497 e. The first kappa shape index (κ1) is 19.4. The molecule has 2 amide bonds. The third-order valence-corrected chi connectivity index (χ3v) is 5.88. The lowest BCUT2D eigenvalue weighted by molar-refractivity contribution is -0.136. The Hall–Kier alpha value is -2.89. The molecule has 2 fully saturated rings. The second-order valence-corrected chi connectivity index (χ2v) is 7.83. The Morgan fingerprint density at radius 3 is 2.79 bits per heavy atom. The second-order valence-electron chi connectivity index (χ2n) is 7.83. The summed E-state index contributed by atoms with van der Waals surface area (Å²) < 4.78 is 19.7. The molecular formula is C23H25FN2O3. The molecule has 0 N–H and O–H groups in total. The Labute approximate surface area is 170 Å². The second kappa shape index (κ2) is 7.85. The zero-order valence-electron chi connectivity index (χ0n) is 16.7. The van der Waals surface area contributed by atoms with Crippen LogP contribution in [-0.2, 0) is 9.59 Å². The molecule has 152 valence electrons. The van der Waals surface area contributed by atoms with Crippen LogP contribution in [0.5, 0.6) is 5.75 Å². The van der Waals surface area contributed by atoms with E-state index in [0.717, 1.165) is 29.7 Å². The van der Waals surface area contributed by atoms with Gasteiger partial charge in [-0.15, -0.1) is 0 Å². The Morgan fingerprint density at radius 1 is 1.21 bits per heavy atom. The van der Waals surface area contributed by atoms with Crippen LogP contribution in [0.15, 0.2) is 42.5 Å². The van der Waals surface area contributed by atoms with Crippen LogP contribution in [0, 0.1) is 18.7 Å². The van der Waals surface area contributed by atoms with E-state index >= 15 is 0 Å². The van der Waals surface area contributed by atoms with Gasteiger partial charge in [0.25, 0.3) is 0 Å². The lowest BCUT2D eigenvalue weighted by atomic mass is 10.0. The third-order valence-electron chi connectivity index (χ3n) is 5.88. The van der Waals surface area contributed by atoms with Crippen molar-refractivity contribution in [3.05, 3.63) is 59.4 Å². The molecule has 0 saturated carbocycles. The van der Waals surface area contributed by atoms with E-state index < -0.39 is 11.7 Å². The number of anilines is 1. The molecule has 2 unspecified atom stereocenters. The molecule has 6 heteroatoms. The van der Waals surface area contributed by atoms with E-state index in [-0.39, 0.29) is 36.5 Å². The number of likely N-dealkylation sites (tertiary alicyclic amines) is 1. The van der Waals surface area contributed by atoms with Crippen molar-refractivity contribution in [2.75, 3.05) is 25.1 Å². The number of methoxy groups -OCH3 is 1. The number of carbonyl (C=O) groups is 2. The summed E-state index contributed by atoms with van der Waals surface area (Å²) in [5.74, 6) is -0.350. The van der Waals surface area contributed by atoms with Gasteiger partial charge in [-0.05, 0) is 55.2 Å². The van der Waals surface area contributed by atoms with E-state index in [1.165, 1.54) is 11.0 Å². The maximum Gasteiger partial charge on any atom is 0.228 e. The van der Waals surface area contributed by atoms with Gasteiger partial charge in [0.05, 0.1) is 24.8 Å². The molecule has 29 heavy (non-hydrogen) atoms. The summed E-state index contributed by atoms with van der Waals surface area (Å²) in [6.45, 7) is 2.69. The summed E-state index contributed by atoms with van der Waals surface area (Å²) >= 11 is 0. The standard InChI is InChI=1S/C23H25FN2O3/c1-15-8-9-21(19(24)11-15)26-14-17(13-22(26)27)23(28)25-10-4-7-20(25)16-5-3-6-18(12-16)29-2/h3,5-6,8-9,11-12,17,20H,4,7,10,13-14H2,1-2H3. The van der Waals surface area contributed by atoms with Gasteiger partial charge in [-0.1, -0.05) is 18.2 Å². The van der Waals surface area contributed by atoms with E-state index in [4.69, 9.17) is 4.74 Å². The van der Waals surface area contributed by atoms with Gasteiger partial charge >= 0.3 is 0 Å². The topological polar surface area (TPSA) is 49.9 Å². The van der Waals surface area contributed by atoms with Crippen LogP contribution in [0.4, 0.5) is 10.1 Å². The Kier molecular flexibility index (Phi) is 5.26. The van der Waals surface area contributed by atoms with Gasteiger partial charge in [0.1, 0.15) is 11.6 Å². The van der Waals surface area contributed by atoms with Gasteiger partial charge < -0.3 is 14.5 Å². The number of aryl methyl sites for hydroxylation is 1. The van der Waals surface area contributed by atoms with Gasteiger partial charge in [-0.25, -0.2) is 4.39 Å². The van der Waals surface area contributed by atoms with Crippen LogP contribution in [-0.4, -0.2) is 36.9 Å². The number of rotatable bonds is 4. The summed E-state index contributed by atoms with van der Waals surface area (Å²) in [6, 6.07) is 12.6. The summed E-state index contributed by atoms with van der Waals surface area (Å²) in [5, 5.41) is 0. The quantitative estimate of drug-likeness (QED) is 0.789. The van der Waals surface area contributed by atoms with E-state index in [1.807, 2.05) is 29.2 Å². The number of amides is 2. The molecule has 0 radical (unpaired) electrons. The van der Waals surface area contributed by atoms with Crippen molar-refractivity contribution in [2.45, 2.75) is 32.2 Å². The minimum absolute atomic E-state index is 0.0159. The number of hydrogen-bond donors (Lipinski definition) is 0. The third kappa shape index (κ3) is 3.71. The molecule has 0 spiro atoms. The summed E-state index contributed by atoms with van der Waals surface area (Å²) in [5.41, 5.74) is 2.09. The minimum atomic E-state index is -0.450. The highest BCUT2D eigenvalue weighted by Crippen LogP contribution is 2.36. The number of benzene rings is 2. The highest BCUT2D eigenvalue weighted by Gasteiger charge is 2.41. The van der Waals surface area contributed by atoms with Crippen molar-refractivity contribution in [2.24, 2.45) is 5.92 Å². The predicted molar refractivity (Wildman–Crippen MR) is 108 cm³/mol. The predicted octanol–water partition coefficient (Wildman–Crippen LogP) is 3.86. The molecule has 0 aliphatic carbocycles. The molecule has 0 aromatic heterocycles. The van der Waals surface area contributed by atoms with Crippen molar-refractivity contribution in [3.8, 4) is 5.75 Å². The van der Waals surface area contributed by atoms with Crippen molar-refractivity contribution < 1.29 is 18.7 Å². The fourth-order valence-electron chi connectivity index (χ4n) is 4.40. The van der Waals surface area contributed by atoms with Crippen molar-refractivity contribution in [3.63, 3.8) is 0 Å². The van der Waals surface area contributed by atoms with Crippen molar-refractivity contribution in [1.29, 1.82) is 0 Å². The highest BCUT2D eigenvalue weighted by atomic mass is 19.1. The van der Waals surface area contributed by atoms with E-state index in [9.17, 15) is 14.0 Å². The fourth-order valence-corrected chi connectivity index (χ4v) is 4.40. The van der Waals surface area contributed by atoms with E-state index in [1.54, 1.807) is 26.2 Å². The monoisotopic (exact) mass is 396 g/mol. The molecule has 5 nitrogen and oxygen atoms in total. The maximum absolute atomic E-state index is 14.4. The normalized spacial score (nSPS) is 21.7. The van der Waals surface area contributed by atoms with Crippen LogP contribution in [0.1, 0.15) is 36.4 Å². The van der Waals surface area contributed by atoms with Crippen LogP contribution in [0.25, 0.3) is 0 Å². The molecule has 2 aliphatic rings. The van der Waals surface area contributed by atoms with E-state index in [2.05, 4.69) is 0 Å². The van der Waals surface area contributed by atoms with Crippen molar-refractivity contribution in [1.82, 2.24) is 4.90 Å². The molecular weight excluding hydrogens is 371 g/mol. The van der Waals surface area contributed by atoms with Crippen molar-refractivity contribution >= 4 is 17.5 Å². The zero-order chi connectivity index (χ0) is 20.5. The lowest BCUT2D eigenvalue weighted by Gasteiger charge is -2.28. The summed E-state index contributed by atoms with van der Waals surface area (Å²) in [4.78, 5) is 29.1. The lowest BCUT2D eigenvalue weighted by Crippen LogP contribution is -2.37. The van der Waals surface area contributed by atoms with Gasteiger partial charge in [-0.2, -0.15) is 0 Å². The van der Waals surface area contributed by atoms with Gasteiger partial charge in [0.2, 0.25) is 11.8 Å². The Balaban J connectivity index is 1.52. The Bertz CT molecular complexity index is 945. The number of ether oxygens (including phenoxy) is 1. The number of nitrogens with zero attached hydrogens (tertiary/aromatic N) is 2. The summed E-state index contributed by atoms with van der Waals surface area (Å²) in [7, 11) is 1.62. The number of hydrogen-bond acceptors (Lipinski definition) is 3. The van der Waals surface area contributed by atoms with Gasteiger partial charge in [-0.3, -0.25) is 9.59 Å². The van der Waals surface area contributed by atoms with Crippen LogP contribution < -0.4 is 9.64 Å².